The number of amides is 1. The Bertz CT molecular complexity index is 1260. The Morgan fingerprint density at radius 2 is 1.70 bits per heavy atom. The summed E-state index contributed by atoms with van der Waals surface area (Å²) in [5.41, 5.74) is 4.26. The van der Waals surface area contributed by atoms with Gasteiger partial charge < -0.3 is 4.57 Å². The zero-order valence-electron chi connectivity index (χ0n) is 17.7. The number of fused-ring (bicyclic) bond motifs is 1. The number of carbonyl (C=O) groups is 1. The van der Waals surface area contributed by atoms with Gasteiger partial charge in [0, 0.05) is 17.0 Å². The van der Waals surface area contributed by atoms with E-state index in [0.29, 0.717) is 5.56 Å². The van der Waals surface area contributed by atoms with Crippen LogP contribution in [-0.4, -0.2) is 10.5 Å². The smallest absolute Gasteiger partial charge is 0.280 e. The molecular weight excluding hydrogens is 388 g/mol. The molecule has 0 radical (unpaired) electrons. The Morgan fingerprint density at radius 3 is 2.43 bits per heavy atom. The Kier molecular flexibility index (Phi) is 5.96. The molecule has 0 unspecified atom stereocenters. The number of carbonyl (C=O) groups excluding carboxylic acids is 1. The highest BCUT2D eigenvalue weighted by atomic mass is 32.1. The molecule has 1 aromatic heterocycles. The minimum atomic E-state index is -0.186. The summed E-state index contributed by atoms with van der Waals surface area (Å²) in [6, 6.07) is 22.4. The first-order valence-corrected chi connectivity index (χ1v) is 11.3. The van der Waals surface area contributed by atoms with Crippen molar-refractivity contribution < 1.29 is 4.79 Å². The van der Waals surface area contributed by atoms with Crippen molar-refractivity contribution in [2.75, 3.05) is 0 Å². The average molecular weight is 415 g/mol. The molecule has 0 saturated carbocycles. The van der Waals surface area contributed by atoms with Crippen molar-refractivity contribution >= 4 is 28.0 Å². The maximum Gasteiger partial charge on any atom is 0.280 e. The van der Waals surface area contributed by atoms with Crippen molar-refractivity contribution in [2.45, 2.75) is 40.2 Å². The fraction of sp³-hybridized carbons (Fsp3) is 0.231. The zero-order valence-corrected chi connectivity index (χ0v) is 18.5. The second-order valence-corrected chi connectivity index (χ2v) is 8.52. The molecule has 1 amide bonds. The predicted molar refractivity (Wildman–Crippen MR) is 126 cm³/mol. The Morgan fingerprint density at radius 1 is 0.967 bits per heavy atom. The lowest BCUT2D eigenvalue weighted by Gasteiger charge is -2.09. The molecule has 152 valence electrons. The standard InChI is InChI=1S/C26H26N2OS/c1-4-9-23-24(20-16-14-18(3)15-17-20)28(5-2)26(30-23)27-25(29)22-13-8-11-19-10-6-7-12-21(19)22/h6-8,10-17H,4-5,9H2,1-3H3. The van der Waals surface area contributed by atoms with E-state index in [2.05, 4.69) is 54.6 Å². The fourth-order valence-corrected chi connectivity index (χ4v) is 5.13. The molecular formula is C26H26N2OS. The summed E-state index contributed by atoms with van der Waals surface area (Å²) < 4.78 is 2.18. The van der Waals surface area contributed by atoms with Gasteiger partial charge in [-0.1, -0.05) is 79.6 Å². The molecule has 30 heavy (non-hydrogen) atoms. The topological polar surface area (TPSA) is 34.4 Å². The number of rotatable bonds is 5. The number of benzene rings is 3. The SMILES string of the molecule is CCCc1sc(=NC(=O)c2cccc3ccccc23)n(CC)c1-c1ccc(C)cc1. The van der Waals surface area contributed by atoms with Gasteiger partial charge >= 0.3 is 0 Å². The number of nitrogens with zero attached hydrogens (tertiary/aromatic N) is 2. The molecule has 4 aromatic rings. The van der Waals surface area contributed by atoms with Crippen molar-refractivity contribution in [1.82, 2.24) is 4.57 Å². The third-order valence-corrected chi connectivity index (χ3v) is 6.45. The Labute approximate surface area is 181 Å². The van der Waals surface area contributed by atoms with E-state index in [-0.39, 0.29) is 5.91 Å². The number of thiazole rings is 1. The minimum absolute atomic E-state index is 0.186. The highest BCUT2D eigenvalue weighted by molar-refractivity contribution is 7.09. The van der Waals surface area contributed by atoms with E-state index in [1.165, 1.54) is 21.7 Å². The molecule has 0 fully saturated rings. The van der Waals surface area contributed by atoms with E-state index in [0.717, 1.165) is 35.0 Å². The first kappa shape index (κ1) is 20.3. The monoisotopic (exact) mass is 414 g/mol. The molecule has 0 saturated heterocycles. The van der Waals surface area contributed by atoms with Gasteiger partial charge in [0.15, 0.2) is 4.80 Å². The van der Waals surface area contributed by atoms with Crippen LogP contribution < -0.4 is 4.80 Å². The quantitative estimate of drug-likeness (QED) is 0.372. The third-order valence-electron chi connectivity index (χ3n) is 5.31. The number of aromatic nitrogens is 1. The summed E-state index contributed by atoms with van der Waals surface area (Å²) in [7, 11) is 0. The van der Waals surface area contributed by atoms with Gasteiger partial charge in [-0.2, -0.15) is 4.99 Å². The second kappa shape index (κ2) is 8.80. The van der Waals surface area contributed by atoms with Gasteiger partial charge in [-0.3, -0.25) is 4.79 Å². The molecule has 3 nitrogen and oxygen atoms in total. The number of hydrogen-bond donors (Lipinski definition) is 0. The van der Waals surface area contributed by atoms with Gasteiger partial charge in [-0.05, 0) is 42.7 Å². The van der Waals surface area contributed by atoms with E-state index < -0.39 is 0 Å². The molecule has 0 spiro atoms. The normalized spacial score (nSPS) is 11.9. The lowest BCUT2D eigenvalue weighted by molar-refractivity contribution is 0.0999. The lowest BCUT2D eigenvalue weighted by atomic mass is 10.0. The molecule has 0 atom stereocenters. The molecule has 0 aliphatic carbocycles. The molecule has 0 aliphatic heterocycles. The largest absolute Gasteiger partial charge is 0.316 e. The lowest BCUT2D eigenvalue weighted by Crippen LogP contribution is -2.17. The van der Waals surface area contributed by atoms with Crippen LogP contribution in [0, 0.1) is 6.92 Å². The first-order chi connectivity index (χ1) is 14.6. The van der Waals surface area contributed by atoms with E-state index in [1.54, 1.807) is 11.3 Å². The highest BCUT2D eigenvalue weighted by Gasteiger charge is 2.16. The van der Waals surface area contributed by atoms with Gasteiger partial charge in [0.2, 0.25) is 0 Å². The summed E-state index contributed by atoms with van der Waals surface area (Å²) in [6.07, 6.45) is 2.03. The van der Waals surface area contributed by atoms with Crippen LogP contribution in [0.3, 0.4) is 0 Å². The van der Waals surface area contributed by atoms with E-state index in [1.807, 2.05) is 42.5 Å². The number of hydrogen-bond acceptors (Lipinski definition) is 2. The molecule has 1 heterocycles. The second-order valence-electron chi connectivity index (χ2n) is 7.46. The third kappa shape index (κ3) is 3.88. The van der Waals surface area contributed by atoms with Gasteiger partial charge in [0.05, 0.1) is 5.69 Å². The van der Waals surface area contributed by atoms with Crippen molar-refractivity contribution in [3.05, 3.63) is 87.5 Å². The van der Waals surface area contributed by atoms with Crippen LogP contribution in [0.1, 0.15) is 41.1 Å². The van der Waals surface area contributed by atoms with Gasteiger partial charge in [0.25, 0.3) is 5.91 Å². The zero-order chi connectivity index (χ0) is 21.1. The summed E-state index contributed by atoms with van der Waals surface area (Å²) in [4.78, 5) is 19.8. The van der Waals surface area contributed by atoms with Crippen LogP contribution in [0.5, 0.6) is 0 Å². The van der Waals surface area contributed by atoms with Crippen molar-refractivity contribution in [2.24, 2.45) is 4.99 Å². The molecule has 0 aliphatic rings. The van der Waals surface area contributed by atoms with Crippen molar-refractivity contribution in [1.29, 1.82) is 0 Å². The highest BCUT2D eigenvalue weighted by Crippen LogP contribution is 2.28. The van der Waals surface area contributed by atoms with Crippen LogP contribution in [-0.2, 0) is 13.0 Å². The van der Waals surface area contributed by atoms with E-state index in [9.17, 15) is 4.79 Å². The van der Waals surface area contributed by atoms with Crippen LogP contribution in [0.25, 0.3) is 22.0 Å². The summed E-state index contributed by atoms with van der Waals surface area (Å²) in [6.45, 7) is 7.17. The van der Waals surface area contributed by atoms with Crippen LogP contribution >= 0.6 is 11.3 Å². The maximum atomic E-state index is 13.2. The summed E-state index contributed by atoms with van der Waals surface area (Å²) in [5.74, 6) is -0.186. The van der Waals surface area contributed by atoms with E-state index >= 15 is 0 Å². The van der Waals surface area contributed by atoms with Crippen LogP contribution in [0.15, 0.2) is 71.7 Å². The average Bonchev–Trinajstić information content (AvgIpc) is 3.10. The van der Waals surface area contributed by atoms with Crippen LogP contribution in [0.2, 0.25) is 0 Å². The summed E-state index contributed by atoms with van der Waals surface area (Å²) in [5, 5.41) is 2.00. The molecule has 3 aromatic carbocycles. The van der Waals surface area contributed by atoms with Gasteiger partial charge in [-0.25, -0.2) is 0 Å². The Balaban J connectivity index is 1.87. The minimum Gasteiger partial charge on any atom is -0.316 e. The predicted octanol–water partition coefficient (Wildman–Crippen LogP) is 6.39. The first-order valence-electron chi connectivity index (χ1n) is 10.5. The summed E-state index contributed by atoms with van der Waals surface area (Å²) >= 11 is 1.64. The van der Waals surface area contributed by atoms with Gasteiger partial charge in [-0.15, -0.1) is 11.3 Å². The molecule has 4 heteroatoms. The van der Waals surface area contributed by atoms with Gasteiger partial charge in [0.1, 0.15) is 0 Å². The molecule has 0 N–H and O–H groups in total. The molecule has 0 bridgehead atoms. The maximum absolute atomic E-state index is 13.2. The van der Waals surface area contributed by atoms with Crippen LogP contribution in [0.4, 0.5) is 0 Å². The fourth-order valence-electron chi connectivity index (χ4n) is 3.82. The van der Waals surface area contributed by atoms with E-state index in [4.69, 9.17) is 0 Å². The Hall–Kier alpha value is -2.98. The molecule has 4 rings (SSSR count). The number of aryl methyl sites for hydroxylation is 2. The van der Waals surface area contributed by atoms with Crippen molar-refractivity contribution in [3.63, 3.8) is 0 Å². The van der Waals surface area contributed by atoms with Crippen molar-refractivity contribution in [3.8, 4) is 11.3 Å².